The lowest BCUT2D eigenvalue weighted by molar-refractivity contribution is -0.152. The number of aryl methyl sites for hydroxylation is 1. The van der Waals surface area contributed by atoms with Gasteiger partial charge in [-0.25, -0.2) is 0 Å². The fourth-order valence-corrected chi connectivity index (χ4v) is 4.74. The Morgan fingerprint density at radius 3 is 2.50 bits per heavy atom. The maximum absolute atomic E-state index is 13.5. The number of carbonyl (C=O) groups excluding carboxylic acids is 2. The normalized spacial score (nSPS) is 18.1. The molecule has 0 saturated heterocycles. The fraction of sp³-hybridized carbons (Fsp3) is 0.364. The molecule has 0 bridgehead atoms. The first-order valence-corrected chi connectivity index (χ1v) is 10.4. The summed E-state index contributed by atoms with van der Waals surface area (Å²) in [6.45, 7) is 4.48. The summed E-state index contributed by atoms with van der Waals surface area (Å²) < 4.78 is 10.8. The number of nitrogens with one attached hydrogen (secondary N) is 1. The van der Waals surface area contributed by atoms with E-state index in [0.29, 0.717) is 13.1 Å². The number of ether oxygens (including phenoxy) is 2. The number of nitrogens with zero attached hydrogens (tertiary/aromatic N) is 1. The van der Waals surface area contributed by atoms with Crippen molar-refractivity contribution >= 4 is 41.7 Å². The Bertz CT molecular complexity index is 891. The predicted molar refractivity (Wildman–Crippen MR) is 122 cm³/mol. The first-order chi connectivity index (χ1) is 13.9. The molecule has 2 atom stereocenters. The third-order valence-corrected chi connectivity index (χ3v) is 6.12. The number of anilines is 1. The lowest BCUT2D eigenvalue weighted by Gasteiger charge is -2.27. The molecular formula is C22H27ClN2O4S. The molecule has 2 aromatic carbocycles. The Balaban J connectivity index is 0.00000320. The molecule has 1 heterocycles. The average Bonchev–Trinajstić information content (AvgIpc) is 2.81. The summed E-state index contributed by atoms with van der Waals surface area (Å²) in [6, 6.07) is 13.6. The summed E-state index contributed by atoms with van der Waals surface area (Å²) >= 11 is 1.55. The van der Waals surface area contributed by atoms with Crippen molar-refractivity contribution in [3.8, 4) is 5.75 Å². The second kappa shape index (κ2) is 10.7. The number of carbonyl (C=O) groups is 2. The molecule has 1 aliphatic heterocycles. The number of fused-ring (bicyclic) bond motifs is 1. The molecule has 0 spiro atoms. The molecule has 1 aliphatic rings. The molecule has 0 aromatic heterocycles. The van der Waals surface area contributed by atoms with Crippen molar-refractivity contribution in [2.24, 2.45) is 0 Å². The molecule has 0 unspecified atom stereocenters. The lowest BCUT2D eigenvalue weighted by Crippen LogP contribution is -2.45. The van der Waals surface area contributed by atoms with Gasteiger partial charge in [0.2, 0.25) is 0 Å². The van der Waals surface area contributed by atoms with Crippen LogP contribution in [0.15, 0.2) is 47.4 Å². The van der Waals surface area contributed by atoms with Gasteiger partial charge >= 0.3 is 5.97 Å². The van der Waals surface area contributed by atoms with Crippen molar-refractivity contribution in [1.82, 2.24) is 5.32 Å². The number of benzene rings is 2. The van der Waals surface area contributed by atoms with Crippen molar-refractivity contribution in [3.63, 3.8) is 0 Å². The van der Waals surface area contributed by atoms with E-state index in [9.17, 15) is 9.59 Å². The number of rotatable bonds is 6. The van der Waals surface area contributed by atoms with Gasteiger partial charge in [-0.3, -0.25) is 9.59 Å². The number of thioether (sulfide) groups is 1. The second-order valence-electron chi connectivity index (χ2n) is 6.91. The van der Waals surface area contributed by atoms with Gasteiger partial charge in [0.1, 0.15) is 5.75 Å². The van der Waals surface area contributed by atoms with Crippen LogP contribution in [0.5, 0.6) is 5.75 Å². The van der Waals surface area contributed by atoms with Crippen LogP contribution in [0.3, 0.4) is 0 Å². The second-order valence-corrected chi connectivity index (χ2v) is 8.09. The van der Waals surface area contributed by atoms with Crippen LogP contribution in [0.2, 0.25) is 0 Å². The summed E-state index contributed by atoms with van der Waals surface area (Å²) in [5.74, 6) is 0.0409. The number of amides is 1. The van der Waals surface area contributed by atoms with Gasteiger partial charge in [0, 0.05) is 24.9 Å². The van der Waals surface area contributed by atoms with Crippen LogP contribution in [0.4, 0.5) is 5.69 Å². The number of halogens is 1. The van der Waals surface area contributed by atoms with Crippen molar-refractivity contribution in [3.05, 3.63) is 53.6 Å². The highest BCUT2D eigenvalue weighted by atomic mass is 35.5. The van der Waals surface area contributed by atoms with Gasteiger partial charge < -0.3 is 19.7 Å². The molecule has 6 nitrogen and oxygen atoms in total. The highest BCUT2D eigenvalue weighted by molar-refractivity contribution is 7.99. The zero-order chi connectivity index (χ0) is 21.0. The van der Waals surface area contributed by atoms with Crippen LogP contribution in [0.1, 0.15) is 23.3 Å². The highest BCUT2D eigenvalue weighted by Gasteiger charge is 2.40. The molecule has 0 radical (unpaired) electrons. The predicted octanol–water partition coefficient (Wildman–Crippen LogP) is 3.76. The topological polar surface area (TPSA) is 67.9 Å². The fourth-order valence-electron chi connectivity index (χ4n) is 3.32. The van der Waals surface area contributed by atoms with Gasteiger partial charge in [-0.2, -0.15) is 0 Å². The lowest BCUT2D eigenvalue weighted by atomic mass is 10.1. The number of likely N-dealkylation sites (N-methyl/N-ethyl adjacent to an activating group) is 1. The largest absolute Gasteiger partial charge is 0.497 e. The molecule has 2 aromatic rings. The molecule has 0 saturated carbocycles. The monoisotopic (exact) mass is 450 g/mol. The number of methoxy groups -OCH3 is 1. The zero-order valence-electron chi connectivity index (χ0n) is 17.5. The molecule has 0 aliphatic carbocycles. The number of hydrogen-bond donors (Lipinski definition) is 1. The van der Waals surface area contributed by atoms with E-state index in [1.807, 2.05) is 50.4 Å². The van der Waals surface area contributed by atoms with Crippen molar-refractivity contribution in [2.75, 3.05) is 32.1 Å². The van der Waals surface area contributed by atoms with E-state index < -0.39 is 12.1 Å². The van der Waals surface area contributed by atoms with Crippen molar-refractivity contribution in [2.45, 2.75) is 30.1 Å². The molecular weight excluding hydrogens is 424 g/mol. The summed E-state index contributed by atoms with van der Waals surface area (Å²) in [7, 11) is 3.45. The number of esters is 1. The van der Waals surface area contributed by atoms with Gasteiger partial charge in [0.05, 0.1) is 18.0 Å². The quantitative estimate of drug-likeness (QED) is 0.676. The van der Waals surface area contributed by atoms with Crippen LogP contribution in [-0.2, 0) is 14.3 Å². The first kappa shape index (κ1) is 24.1. The SMILES string of the molecule is CNCCN1C(=O)[C@H](OC(C)=O)[C@H](c2ccc(OC)cc2)Sc2cc(C)ccc21.Cl. The molecule has 30 heavy (non-hydrogen) atoms. The maximum atomic E-state index is 13.5. The van der Waals surface area contributed by atoms with Gasteiger partial charge in [-0.15, -0.1) is 24.2 Å². The molecule has 0 fully saturated rings. The van der Waals surface area contributed by atoms with E-state index in [-0.39, 0.29) is 23.6 Å². The van der Waals surface area contributed by atoms with Crippen LogP contribution in [0.25, 0.3) is 0 Å². The Morgan fingerprint density at radius 1 is 1.20 bits per heavy atom. The molecule has 1 amide bonds. The van der Waals surface area contributed by atoms with E-state index in [1.165, 1.54) is 6.92 Å². The Labute approximate surface area is 187 Å². The van der Waals surface area contributed by atoms with E-state index in [0.717, 1.165) is 27.5 Å². The van der Waals surface area contributed by atoms with Gasteiger partial charge in [-0.1, -0.05) is 18.2 Å². The van der Waals surface area contributed by atoms with Crippen LogP contribution < -0.4 is 15.0 Å². The number of hydrogen-bond acceptors (Lipinski definition) is 6. The van der Waals surface area contributed by atoms with Gasteiger partial charge in [-0.05, 0) is 49.4 Å². The molecule has 162 valence electrons. The Hall–Kier alpha value is -2.22. The third-order valence-electron chi connectivity index (χ3n) is 4.77. The van der Waals surface area contributed by atoms with E-state index in [2.05, 4.69) is 11.4 Å². The standard InChI is InChI=1S/C22H26N2O4S.ClH/c1-14-5-10-18-19(13-14)29-21(16-6-8-17(27-4)9-7-16)20(28-15(2)25)22(26)24(18)12-11-23-3;/h5-10,13,20-21,23H,11-12H2,1-4H3;1H/t20-,21+;/m1./s1. The molecule has 1 N–H and O–H groups in total. The van der Waals surface area contributed by atoms with Crippen LogP contribution in [-0.4, -0.2) is 45.2 Å². The van der Waals surface area contributed by atoms with Crippen molar-refractivity contribution < 1.29 is 19.1 Å². The molecule has 8 heteroatoms. The van der Waals surface area contributed by atoms with Crippen LogP contribution in [0, 0.1) is 6.92 Å². The Morgan fingerprint density at radius 2 is 1.90 bits per heavy atom. The van der Waals surface area contributed by atoms with Crippen molar-refractivity contribution in [1.29, 1.82) is 0 Å². The van der Waals surface area contributed by atoms with E-state index in [1.54, 1.807) is 23.8 Å². The summed E-state index contributed by atoms with van der Waals surface area (Å²) in [5.41, 5.74) is 2.85. The molecule has 3 rings (SSSR count). The van der Waals surface area contributed by atoms with Gasteiger partial charge in [0.15, 0.2) is 6.10 Å². The zero-order valence-corrected chi connectivity index (χ0v) is 19.1. The minimum Gasteiger partial charge on any atom is -0.497 e. The maximum Gasteiger partial charge on any atom is 0.303 e. The van der Waals surface area contributed by atoms with Gasteiger partial charge in [0.25, 0.3) is 5.91 Å². The Kier molecular flexibility index (Phi) is 8.58. The summed E-state index contributed by atoms with van der Waals surface area (Å²) in [4.78, 5) is 28.1. The minimum atomic E-state index is -0.921. The highest BCUT2D eigenvalue weighted by Crippen LogP contribution is 2.47. The average molecular weight is 451 g/mol. The van der Waals surface area contributed by atoms with Crippen LogP contribution >= 0.6 is 24.2 Å². The first-order valence-electron chi connectivity index (χ1n) is 9.49. The third kappa shape index (κ3) is 5.28. The van der Waals surface area contributed by atoms with E-state index in [4.69, 9.17) is 9.47 Å². The smallest absolute Gasteiger partial charge is 0.303 e. The summed E-state index contributed by atoms with van der Waals surface area (Å²) in [5, 5.41) is 2.72. The summed E-state index contributed by atoms with van der Waals surface area (Å²) in [6.07, 6.45) is -0.921. The van der Waals surface area contributed by atoms with E-state index >= 15 is 0 Å². The minimum absolute atomic E-state index is 0.